The molecular weight excluding hydrogens is 226 g/mol. The van der Waals surface area contributed by atoms with Crippen LogP contribution in [0, 0.1) is 11.3 Å². The quantitative estimate of drug-likeness (QED) is 0.795. The Bertz CT molecular complexity index is 531. The van der Waals surface area contributed by atoms with Gasteiger partial charge < -0.3 is 5.73 Å². The molecule has 16 heavy (non-hydrogen) atoms. The van der Waals surface area contributed by atoms with Crippen LogP contribution in [0.15, 0.2) is 18.2 Å². The van der Waals surface area contributed by atoms with Gasteiger partial charge in [0.1, 0.15) is 6.07 Å². The molecule has 0 saturated carbocycles. The molecule has 5 nitrogen and oxygen atoms in total. The smallest absolute Gasteiger partial charge is 0.234 e. The molecule has 0 aliphatic carbocycles. The molecule has 0 aliphatic heterocycles. The van der Waals surface area contributed by atoms with Crippen molar-refractivity contribution in [3.63, 3.8) is 0 Å². The first-order valence-corrected chi connectivity index (χ1v) is 6.29. The molecular formula is C10H13N3O2S. The van der Waals surface area contributed by atoms with Gasteiger partial charge in [0.2, 0.25) is 10.0 Å². The van der Waals surface area contributed by atoms with E-state index in [1.807, 2.05) is 6.07 Å². The summed E-state index contributed by atoms with van der Waals surface area (Å²) in [6, 6.07) is 6.48. The van der Waals surface area contributed by atoms with Gasteiger partial charge in [-0.25, -0.2) is 8.42 Å². The van der Waals surface area contributed by atoms with Gasteiger partial charge in [-0.3, -0.25) is 4.31 Å². The van der Waals surface area contributed by atoms with E-state index >= 15 is 0 Å². The maximum Gasteiger partial charge on any atom is 0.234 e. The Labute approximate surface area is 95.1 Å². The maximum absolute atomic E-state index is 11.6. The third-order valence-electron chi connectivity index (χ3n) is 2.26. The minimum Gasteiger partial charge on any atom is -0.399 e. The predicted octanol–water partition coefficient (Wildman–Crippen LogP) is 0.926. The third kappa shape index (κ3) is 2.25. The van der Waals surface area contributed by atoms with Gasteiger partial charge in [-0.1, -0.05) is 0 Å². The summed E-state index contributed by atoms with van der Waals surface area (Å²) in [5, 5.41) is 8.90. The van der Waals surface area contributed by atoms with Gasteiger partial charge in [0.05, 0.1) is 17.0 Å². The van der Waals surface area contributed by atoms with E-state index < -0.39 is 10.0 Å². The molecule has 1 aromatic carbocycles. The first kappa shape index (κ1) is 12.3. The average Bonchev–Trinajstić information content (AvgIpc) is 2.27. The second kappa shape index (κ2) is 4.41. The van der Waals surface area contributed by atoms with Crippen LogP contribution in [0.4, 0.5) is 11.4 Å². The highest BCUT2D eigenvalue weighted by atomic mass is 32.2. The highest BCUT2D eigenvalue weighted by Crippen LogP contribution is 2.23. The van der Waals surface area contributed by atoms with Gasteiger partial charge in [-0.15, -0.1) is 0 Å². The van der Waals surface area contributed by atoms with Crippen LogP contribution in [0.2, 0.25) is 0 Å². The molecule has 0 spiro atoms. The topological polar surface area (TPSA) is 87.2 Å². The van der Waals surface area contributed by atoms with Crippen molar-refractivity contribution >= 4 is 21.4 Å². The number of hydrogen-bond acceptors (Lipinski definition) is 4. The molecule has 0 aromatic heterocycles. The second-order valence-electron chi connectivity index (χ2n) is 3.26. The number of rotatable bonds is 3. The molecule has 0 saturated heterocycles. The normalized spacial score (nSPS) is 10.8. The summed E-state index contributed by atoms with van der Waals surface area (Å²) in [5.41, 5.74) is 6.55. The van der Waals surface area contributed by atoms with E-state index in [4.69, 9.17) is 11.0 Å². The van der Waals surface area contributed by atoms with Crippen molar-refractivity contribution < 1.29 is 8.42 Å². The highest BCUT2D eigenvalue weighted by molar-refractivity contribution is 7.92. The summed E-state index contributed by atoms with van der Waals surface area (Å²) in [4.78, 5) is 0. The molecule has 0 radical (unpaired) electrons. The molecule has 0 atom stereocenters. The molecule has 1 aromatic rings. The number of benzene rings is 1. The van der Waals surface area contributed by atoms with Gasteiger partial charge in [0.25, 0.3) is 0 Å². The van der Waals surface area contributed by atoms with E-state index in [2.05, 4.69) is 0 Å². The number of nitriles is 1. The van der Waals surface area contributed by atoms with Crippen LogP contribution in [-0.4, -0.2) is 21.2 Å². The number of sulfonamides is 1. The van der Waals surface area contributed by atoms with Gasteiger partial charge >= 0.3 is 0 Å². The third-order valence-corrected chi connectivity index (χ3v) is 4.02. The van der Waals surface area contributed by atoms with Crippen molar-refractivity contribution in [3.8, 4) is 6.07 Å². The molecule has 86 valence electrons. The van der Waals surface area contributed by atoms with E-state index in [9.17, 15) is 8.42 Å². The van der Waals surface area contributed by atoms with Crippen LogP contribution < -0.4 is 10.0 Å². The molecule has 0 bridgehead atoms. The Hall–Kier alpha value is -1.74. The van der Waals surface area contributed by atoms with E-state index in [1.54, 1.807) is 13.0 Å². The molecule has 0 fully saturated rings. The standard InChI is InChI=1S/C10H13N3O2S/c1-3-16(14,15)13(2)10-5-4-9(12)6-8(10)7-11/h4-6H,3,12H2,1-2H3. The first-order chi connectivity index (χ1) is 7.42. The van der Waals surface area contributed by atoms with Crippen LogP contribution in [0.5, 0.6) is 0 Å². The van der Waals surface area contributed by atoms with Crippen LogP contribution in [0.1, 0.15) is 12.5 Å². The molecule has 0 heterocycles. The summed E-state index contributed by atoms with van der Waals surface area (Å²) < 4.78 is 24.4. The fourth-order valence-electron chi connectivity index (χ4n) is 1.26. The van der Waals surface area contributed by atoms with E-state index in [0.29, 0.717) is 11.4 Å². The van der Waals surface area contributed by atoms with Crippen LogP contribution in [0.3, 0.4) is 0 Å². The number of nitrogens with two attached hydrogens (primary N) is 1. The summed E-state index contributed by atoms with van der Waals surface area (Å²) >= 11 is 0. The van der Waals surface area contributed by atoms with Crippen LogP contribution in [-0.2, 0) is 10.0 Å². The lowest BCUT2D eigenvalue weighted by molar-refractivity contribution is 0.595. The molecule has 6 heteroatoms. The van der Waals surface area contributed by atoms with E-state index in [-0.39, 0.29) is 11.3 Å². The van der Waals surface area contributed by atoms with Crippen LogP contribution in [0.25, 0.3) is 0 Å². The van der Waals surface area contributed by atoms with Crippen molar-refractivity contribution in [2.45, 2.75) is 6.92 Å². The molecule has 1 rings (SSSR count). The lowest BCUT2D eigenvalue weighted by Crippen LogP contribution is -2.28. The Morgan fingerprint density at radius 3 is 2.62 bits per heavy atom. The fraction of sp³-hybridized carbons (Fsp3) is 0.300. The van der Waals surface area contributed by atoms with Gasteiger partial charge in [0.15, 0.2) is 0 Å². The maximum atomic E-state index is 11.6. The summed E-state index contributed by atoms with van der Waals surface area (Å²) in [6.07, 6.45) is 0. The zero-order valence-corrected chi connectivity index (χ0v) is 9.95. The van der Waals surface area contributed by atoms with E-state index in [0.717, 1.165) is 4.31 Å². The van der Waals surface area contributed by atoms with Gasteiger partial charge in [-0.05, 0) is 25.1 Å². The largest absolute Gasteiger partial charge is 0.399 e. The van der Waals surface area contributed by atoms with Gasteiger partial charge in [0, 0.05) is 12.7 Å². The zero-order chi connectivity index (χ0) is 12.3. The van der Waals surface area contributed by atoms with Crippen molar-refractivity contribution in [2.24, 2.45) is 0 Å². The lowest BCUT2D eigenvalue weighted by Gasteiger charge is -2.19. The minimum atomic E-state index is -3.36. The fourth-order valence-corrected chi connectivity index (χ4v) is 2.11. The van der Waals surface area contributed by atoms with Crippen molar-refractivity contribution in [1.29, 1.82) is 5.26 Å². The lowest BCUT2D eigenvalue weighted by atomic mass is 10.2. The first-order valence-electron chi connectivity index (χ1n) is 4.68. The number of nitrogen functional groups attached to an aromatic ring is 1. The zero-order valence-electron chi connectivity index (χ0n) is 9.14. The SMILES string of the molecule is CCS(=O)(=O)N(C)c1ccc(N)cc1C#N. The summed E-state index contributed by atoms with van der Waals surface area (Å²) in [5.74, 6) is -0.0151. The van der Waals surface area contributed by atoms with Crippen molar-refractivity contribution in [2.75, 3.05) is 22.8 Å². The average molecular weight is 239 g/mol. The Morgan fingerprint density at radius 2 is 2.12 bits per heavy atom. The van der Waals surface area contributed by atoms with Gasteiger partial charge in [-0.2, -0.15) is 5.26 Å². The Balaban J connectivity index is 3.30. The second-order valence-corrected chi connectivity index (χ2v) is 5.55. The minimum absolute atomic E-state index is 0.0151. The Morgan fingerprint density at radius 1 is 1.50 bits per heavy atom. The van der Waals surface area contributed by atoms with Crippen molar-refractivity contribution in [1.82, 2.24) is 0 Å². The van der Waals surface area contributed by atoms with E-state index in [1.165, 1.54) is 19.2 Å². The van der Waals surface area contributed by atoms with Crippen molar-refractivity contribution in [3.05, 3.63) is 23.8 Å². The number of anilines is 2. The van der Waals surface area contributed by atoms with Crippen LogP contribution >= 0.6 is 0 Å². The molecule has 0 unspecified atom stereocenters. The monoisotopic (exact) mass is 239 g/mol. The molecule has 0 amide bonds. The number of nitrogens with zero attached hydrogens (tertiary/aromatic N) is 2. The molecule has 2 N–H and O–H groups in total. The summed E-state index contributed by atoms with van der Waals surface area (Å²) in [7, 11) is -1.93. The Kier molecular flexibility index (Phi) is 3.40. The predicted molar refractivity (Wildman–Crippen MR) is 63.4 cm³/mol. The number of hydrogen-bond donors (Lipinski definition) is 1. The highest BCUT2D eigenvalue weighted by Gasteiger charge is 2.18. The molecule has 0 aliphatic rings. The summed E-state index contributed by atoms with van der Waals surface area (Å²) in [6.45, 7) is 1.55.